The van der Waals surface area contributed by atoms with Crippen molar-refractivity contribution in [2.75, 3.05) is 0 Å². The summed E-state index contributed by atoms with van der Waals surface area (Å²) in [5.74, 6) is -4.28. The minimum Gasteiger partial charge on any atom is -0.386 e. The van der Waals surface area contributed by atoms with Crippen molar-refractivity contribution >= 4 is 35.4 Å². The van der Waals surface area contributed by atoms with Crippen molar-refractivity contribution < 1.29 is 51.4 Å². The first-order valence-corrected chi connectivity index (χ1v) is 13.5. The lowest BCUT2D eigenvalue weighted by Crippen LogP contribution is -2.11. The second-order valence-electron chi connectivity index (χ2n) is 10.6. The van der Waals surface area contributed by atoms with Gasteiger partial charge in [-0.3, -0.25) is 9.59 Å². The molecule has 4 aromatic rings. The summed E-state index contributed by atoms with van der Waals surface area (Å²) in [5, 5.41) is 0. The minimum atomic E-state index is -4.76. The van der Waals surface area contributed by atoms with Crippen LogP contribution in [0.25, 0.3) is 11.1 Å². The number of cyclic esters (lactones) is 4. The number of Topliss-reactive ketones (excluding diaryl/α,β-unsaturated/α-hetero) is 2. The molecule has 0 aromatic heterocycles. The number of benzene rings is 4. The number of fused-ring (bicyclic) bond motifs is 2. The molecule has 0 amide bonds. The predicted molar refractivity (Wildman–Crippen MR) is 150 cm³/mol. The molecule has 0 bridgehead atoms. The third-order valence-corrected chi connectivity index (χ3v) is 7.63. The van der Waals surface area contributed by atoms with Crippen LogP contribution in [-0.2, 0) is 28.5 Å². The van der Waals surface area contributed by atoms with Gasteiger partial charge < -0.3 is 9.47 Å². The maximum absolute atomic E-state index is 14.3. The van der Waals surface area contributed by atoms with Gasteiger partial charge in [0.25, 0.3) is 0 Å². The summed E-state index contributed by atoms with van der Waals surface area (Å²) in [5.41, 5.74) is 0.519. The molecule has 4 aromatic carbocycles. The molecule has 0 atom stereocenters. The molecule has 2 heterocycles. The molecule has 2 aliphatic rings. The SMILES string of the molecule is Cc1cc(CC(=O)c2ccc3c(c2)C(=O)OC3=O)ccc1-c1ccc(CC(=O)c2ccc3c(c2)C(=O)OC3=O)cc1C(F)(F)F. The van der Waals surface area contributed by atoms with E-state index in [1.807, 2.05) is 0 Å². The van der Waals surface area contributed by atoms with E-state index >= 15 is 0 Å². The Hall–Kier alpha value is -5.71. The van der Waals surface area contributed by atoms with E-state index in [1.54, 1.807) is 13.0 Å². The number of rotatable bonds is 7. The second-order valence-corrected chi connectivity index (χ2v) is 10.6. The van der Waals surface area contributed by atoms with Crippen molar-refractivity contribution in [2.24, 2.45) is 0 Å². The van der Waals surface area contributed by atoms with Crippen LogP contribution in [0.5, 0.6) is 0 Å². The Bertz CT molecular complexity index is 2020. The number of aryl methyl sites for hydroxylation is 1. The number of halogens is 3. The van der Waals surface area contributed by atoms with Gasteiger partial charge in [0, 0.05) is 24.0 Å². The van der Waals surface area contributed by atoms with E-state index < -0.39 is 41.4 Å². The van der Waals surface area contributed by atoms with Crippen molar-refractivity contribution in [3.63, 3.8) is 0 Å². The quantitative estimate of drug-likeness (QED) is 0.138. The van der Waals surface area contributed by atoms with E-state index in [4.69, 9.17) is 0 Å². The average Bonchev–Trinajstić information content (AvgIpc) is 3.44. The standard InChI is InChI=1S/C34H19F3O8/c1-16-10-17(12-28(38)19-4-8-23-25(14-19)32(42)44-30(23)40)2-6-21(16)22-7-3-18(11-27(22)34(35,36)37)13-29(39)20-5-9-24-26(15-20)33(43)45-31(24)41/h2-11,14-15H,12-13H2,1H3. The minimum absolute atomic E-state index is 0.00401. The van der Waals surface area contributed by atoms with E-state index in [0.29, 0.717) is 11.1 Å². The Morgan fingerprint density at radius 3 is 1.44 bits per heavy atom. The average molecular weight is 613 g/mol. The molecule has 45 heavy (non-hydrogen) atoms. The van der Waals surface area contributed by atoms with Crippen LogP contribution >= 0.6 is 0 Å². The molecular weight excluding hydrogens is 593 g/mol. The maximum atomic E-state index is 14.3. The summed E-state index contributed by atoms with van der Waals surface area (Å²) in [6, 6.07) is 16.0. The first kappa shape index (κ1) is 29.4. The topological polar surface area (TPSA) is 121 Å². The monoisotopic (exact) mass is 612 g/mol. The molecule has 2 aliphatic heterocycles. The molecule has 0 fully saturated rings. The fourth-order valence-electron chi connectivity index (χ4n) is 5.40. The van der Waals surface area contributed by atoms with Gasteiger partial charge in [-0.15, -0.1) is 0 Å². The highest BCUT2D eigenvalue weighted by atomic mass is 19.4. The van der Waals surface area contributed by atoms with Gasteiger partial charge in [-0.05, 0) is 65.1 Å². The largest absolute Gasteiger partial charge is 0.417 e. The van der Waals surface area contributed by atoms with E-state index in [9.17, 15) is 41.9 Å². The lowest BCUT2D eigenvalue weighted by atomic mass is 9.90. The Kier molecular flexibility index (Phi) is 7.03. The summed E-state index contributed by atoms with van der Waals surface area (Å²) in [7, 11) is 0. The first-order valence-electron chi connectivity index (χ1n) is 13.5. The zero-order valence-electron chi connectivity index (χ0n) is 23.2. The van der Waals surface area contributed by atoms with Gasteiger partial charge in [0.1, 0.15) is 0 Å². The molecule has 0 saturated carbocycles. The molecule has 0 radical (unpaired) electrons. The second kappa shape index (κ2) is 10.8. The van der Waals surface area contributed by atoms with Crippen LogP contribution in [0.2, 0.25) is 0 Å². The zero-order valence-corrected chi connectivity index (χ0v) is 23.2. The van der Waals surface area contributed by atoms with Crippen LogP contribution in [-0.4, -0.2) is 35.4 Å². The van der Waals surface area contributed by atoms with Crippen LogP contribution in [0.1, 0.15) is 84.4 Å². The highest BCUT2D eigenvalue weighted by Gasteiger charge is 2.35. The Morgan fingerprint density at radius 1 is 0.556 bits per heavy atom. The fourth-order valence-corrected chi connectivity index (χ4v) is 5.40. The van der Waals surface area contributed by atoms with Crippen LogP contribution in [0.3, 0.4) is 0 Å². The number of alkyl halides is 3. The number of carbonyl (C=O) groups excluding carboxylic acids is 6. The van der Waals surface area contributed by atoms with Crippen LogP contribution in [0.4, 0.5) is 13.2 Å². The van der Waals surface area contributed by atoms with E-state index in [0.717, 1.165) is 6.07 Å². The molecule has 0 N–H and O–H groups in total. The number of hydrogen-bond acceptors (Lipinski definition) is 8. The fraction of sp³-hybridized carbons (Fsp3) is 0.118. The first-order chi connectivity index (χ1) is 21.3. The van der Waals surface area contributed by atoms with E-state index in [1.165, 1.54) is 60.7 Å². The lowest BCUT2D eigenvalue weighted by molar-refractivity contribution is -0.137. The van der Waals surface area contributed by atoms with Crippen molar-refractivity contribution in [3.05, 3.63) is 128 Å². The van der Waals surface area contributed by atoms with Gasteiger partial charge in [0.15, 0.2) is 11.6 Å². The van der Waals surface area contributed by atoms with Crippen molar-refractivity contribution in [2.45, 2.75) is 25.9 Å². The molecule has 8 nitrogen and oxygen atoms in total. The predicted octanol–water partition coefficient (Wildman–Crippen LogP) is 6.15. The van der Waals surface area contributed by atoms with Crippen molar-refractivity contribution in [1.29, 1.82) is 0 Å². The molecule has 11 heteroatoms. The molecular formula is C34H19F3O8. The van der Waals surface area contributed by atoms with Crippen molar-refractivity contribution in [1.82, 2.24) is 0 Å². The number of ether oxygens (including phenoxy) is 2. The lowest BCUT2D eigenvalue weighted by Gasteiger charge is -2.17. The summed E-state index contributed by atoms with van der Waals surface area (Å²) in [4.78, 5) is 72.8. The van der Waals surface area contributed by atoms with Crippen molar-refractivity contribution in [3.8, 4) is 11.1 Å². The third kappa shape index (κ3) is 5.44. The number of esters is 4. The summed E-state index contributed by atoms with van der Waals surface area (Å²) < 4.78 is 51.8. The van der Waals surface area contributed by atoms with Gasteiger partial charge >= 0.3 is 30.1 Å². The molecule has 0 saturated heterocycles. The van der Waals surface area contributed by atoms with E-state index in [-0.39, 0.29) is 68.7 Å². The Morgan fingerprint density at radius 2 is 0.978 bits per heavy atom. The van der Waals surface area contributed by atoms with Crippen LogP contribution < -0.4 is 0 Å². The Balaban J connectivity index is 1.23. The normalized spacial score (nSPS) is 13.8. The zero-order chi connectivity index (χ0) is 32.2. The Labute approximate surface area is 252 Å². The molecule has 0 aliphatic carbocycles. The summed E-state index contributed by atoms with van der Waals surface area (Å²) >= 11 is 0. The molecule has 0 spiro atoms. The highest BCUT2D eigenvalue weighted by Crippen LogP contribution is 2.39. The molecule has 6 rings (SSSR count). The van der Waals surface area contributed by atoms with Gasteiger partial charge in [0.2, 0.25) is 0 Å². The van der Waals surface area contributed by atoms with Gasteiger partial charge in [-0.25, -0.2) is 19.2 Å². The van der Waals surface area contributed by atoms with Gasteiger partial charge in [-0.1, -0.05) is 42.5 Å². The molecule has 224 valence electrons. The number of hydrogen-bond donors (Lipinski definition) is 0. The maximum Gasteiger partial charge on any atom is 0.417 e. The highest BCUT2D eigenvalue weighted by molar-refractivity contribution is 6.16. The van der Waals surface area contributed by atoms with Crippen LogP contribution in [0.15, 0.2) is 72.8 Å². The van der Waals surface area contributed by atoms with Gasteiger partial charge in [0.05, 0.1) is 27.8 Å². The summed E-state index contributed by atoms with van der Waals surface area (Å²) in [6.07, 6.45) is -5.26. The third-order valence-electron chi connectivity index (χ3n) is 7.63. The van der Waals surface area contributed by atoms with Gasteiger partial charge in [-0.2, -0.15) is 13.2 Å². The summed E-state index contributed by atoms with van der Waals surface area (Å²) in [6.45, 7) is 1.61. The smallest absolute Gasteiger partial charge is 0.386 e. The number of ketones is 2. The van der Waals surface area contributed by atoms with Crippen LogP contribution in [0, 0.1) is 6.92 Å². The van der Waals surface area contributed by atoms with E-state index in [2.05, 4.69) is 9.47 Å². The molecule has 0 unspecified atom stereocenters. The number of carbonyl (C=O) groups is 6.